The van der Waals surface area contributed by atoms with E-state index < -0.39 is 12.6 Å². The number of hydrogen-bond acceptors (Lipinski definition) is 2. The van der Waals surface area contributed by atoms with E-state index >= 15 is 0 Å². The standard InChI is InChI=1S/C14H20F4N2/c1-3-19-13(11-6-4-5-7-12(11)15)10-20(2)9-8-14(16,17)18/h4-7,13,19H,3,8-10H2,1-2H3. The molecule has 0 spiro atoms. The summed E-state index contributed by atoms with van der Waals surface area (Å²) in [5.41, 5.74) is 0.480. The topological polar surface area (TPSA) is 15.3 Å². The lowest BCUT2D eigenvalue weighted by Crippen LogP contribution is -2.35. The van der Waals surface area contributed by atoms with E-state index in [0.717, 1.165) is 0 Å². The molecule has 0 aromatic heterocycles. The molecule has 2 nitrogen and oxygen atoms in total. The average molecular weight is 292 g/mol. The van der Waals surface area contributed by atoms with Crippen LogP contribution in [0.1, 0.15) is 24.9 Å². The van der Waals surface area contributed by atoms with Crippen molar-refractivity contribution in [3.05, 3.63) is 35.6 Å². The van der Waals surface area contributed by atoms with Crippen LogP contribution in [0.5, 0.6) is 0 Å². The Morgan fingerprint density at radius 3 is 2.45 bits per heavy atom. The Morgan fingerprint density at radius 1 is 1.25 bits per heavy atom. The van der Waals surface area contributed by atoms with Crippen LogP contribution < -0.4 is 5.32 Å². The molecule has 0 aliphatic heterocycles. The number of likely N-dealkylation sites (N-methyl/N-ethyl adjacent to an activating group) is 2. The van der Waals surface area contributed by atoms with Crippen molar-refractivity contribution in [2.75, 3.05) is 26.7 Å². The summed E-state index contributed by atoms with van der Waals surface area (Å²) in [4.78, 5) is 1.56. The van der Waals surface area contributed by atoms with Gasteiger partial charge in [0.1, 0.15) is 5.82 Å². The van der Waals surface area contributed by atoms with Crippen LogP contribution in [-0.2, 0) is 0 Å². The van der Waals surface area contributed by atoms with E-state index in [9.17, 15) is 17.6 Å². The van der Waals surface area contributed by atoms with Crippen molar-refractivity contribution in [3.63, 3.8) is 0 Å². The summed E-state index contributed by atoms with van der Waals surface area (Å²) in [5.74, 6) is -0.345. The zero-order valence-electron chi connectivity index (χ0n) is 11.7. The van der Waals surface area contributed by atoms with Crippen LogP contribution in [0.25, 0.3) is 0 Å². The highest BCUT2D eigenvalue weighted by Gasteiger charge is 2.27. The highest BCUT2D eigenvalue weighted by molar-refractivity contribution is 5.21. The van der Waals surface area contributed by atoms with Crippen molar-refractivity contribution < 1.29 is 17.6 Å². The predicted octanol–water partition coefficient (Wildman–Crippen LogP) is 3.36. The first-order chi connectivity index (χ1) is 9.33. The van der Waals surface area contributed by atoms with E-state index in [4.69, 9.17) is 0 Å². The van der Waals surface area contributed by atoms with Gasteiger partial charge in [-0.3, -0.25) is 0 Å². The lowest BCUT2D eigenvalue weighted by Gasteiger charge is -2.25. The van der Waals surface area contributed by atoms with Crippen LogP contribution in [0.3, 0.4) is 0 Å². The van der Waals surface area contributed by atoms with Crippen molar-refractivity contribution in [2.24, 2.45) is 0 Å². The third kappa shape index (κ3) is 5.88. The Kier molecular flexibility index (Phi) is 6.42. The molecule has 0 bridgehead atoms. The van der Waals surface area contributed by atoms with Gasteiger partial charge in [0.05, 0.1) is 6.42 Å². The molecule has 114 valence electrons. The molecule has 0 heterocycles. The van der Waals surface area contributed by atoms with E-state index in [2.05, 4.69) is 5.32 Å². The molecule has 1 unspecified atom stereocenters. The number of benzene rings is 1. The summed E-state index contributed by atoms with van der Waals surface area (Å²) in [6, 6.07) is 6.00. The molecule has 1 aromatic rings. The largest absolute Gasteiger partial charge is 0.390 e. The fourth-order valence-corrected chi connectivity index (χ4v) is 2.00. The molecule has 20 heavy (non-hydrogen) atoms. The maximum Gasteiger partial charge on any atom is 0.390 e. The monoisotopic (exact) mass is 292 g/mol. The third-order valence-corrected chi connectivity index (χ3v) is 3.00. The van der Waals surface area contributed by atoms with E-state index in [0.29, 0.717) is 18.7 Å². The number of halogens is 4. The van der Waals surface area contributed by atoms with Gasteiger partial charge in [-0.25, -0.2) is 4.39 Å². The Morgan fingerprint density at radius 2 is 1.90 bits per heavy atom. The second kappa shape index (κ2) is 7.59. The lowest BCUT2D eigenvalue weighted by atomic mass is 10.1. The molecular weight excluding hydrogens is 272 g/mol. The van der Waals surface area contributed by atoms with Crippen molar-refractivity contribution in [1.29, 1.82) is 0 Å². The van der Waals surface area contributed by atoms with Crippen LogP contribution >= 0.6 is 0 Å². The van der Waals surface area contributed by atoms with Crippen LogP contribution in [0.15, 0.2) is 24.3 Å². The van der Waals surface area contributed by atoms with Gasteiger partial charge in [-0.15, -0.1) is 0 Å². The molecule has 1 N–H and O–H groups in total. The first-order valence-corrected chi connectivity index (χ1v) is 6.56. The summed E-state index contributed by atoms with van der Waals surface area (Å²) in [5, 5.41) is 3.10. The molecule has 1 rings (SSSR count). The van der Waals surface area contributed by atoms with Crippen molar-refractivity contribution in [3.8, 4) is 0 Å². The fourth-order valence-electron chi connectivity index (χ4n) is 2.00. The van der Waals surface area contributed by atoms with Gasteiger partial charge in [0.15, 0.2) is 0 Å². The quantitative estimate of drug-likeness (QED) is 0.775. The van der Waals surface area contributed by atoms with Crippen molar-refractivity contribution in [1.82, 2.24) is 10.2 Å². The molecule has 0 amide bonds. The lowest BCUT2D eigenvalue weighted by molar-refractivity contribution is -0.137. The highest BCUT2D eigenvalue weighted by Crippen LogP contribution is 2.21. The fraction of sp³-hybridized carbons (Fsp3) is 0.571. The molecule has 0 fully saturated rings. The molecule has 6 heteroatoms. The Bertz CT molecular complexity index is 406. The number of nitrogens with one attached hydrogen (secondary N) is 1. The van der Waals surface area contributed by atoms with Gasteiger partial charge in [-0.2, -0.15) is 13.2 Å². The average Bonchev–Trinajstić information content (AvgIpc) is 2.36. The Balaban J connectivity index is 2.66. The van der Waals surface area contributed by atoms with Gasteiger partial charge in [0, 0.05) is 24.7 Å². The van der Waals surface area contributed by atoms with E-state index in [1.165, 1.54) is 6.07 Å². The van der Waals surface area contributed by atoms with Gasteiger partial charge >= 0.3 is 6.18 Å². The minimum Gasteiger partial charge on any atom is -0.309 e. The minimum absolute atomic E-state index is 0.0974. The van der Waals surface area contributed by atoms with Gasteiger partial charge < -0.3 is 10.2 Å². The first-order valence-electron chi connectivity index (χ1n) is 6.56. The predicted molar refractivity (Wildman–Crippen MR) is 71.0 cm³/mol. The summed E-state index contributed by atoms with van der Waals surface area (Å²) < 4.78 is 50.3. The molecule has 1 atom stereocenters. The first kappa shape index (κ1) is 16.9. The molecule has 0 aliphatic rings. The number of nitrogens with zero attached hydrogens (tertiary/aromatic N) is 1. The van der Waals surface area contributed by atoms with E-state index in [-0.39, 0.29) is 18.4 Å². The SMILES string of the molecule is CCNC(CN(C)CCC(F)(F)F)c1ccccc1F. The van der Waals surface area contributed by atoms with Gasteiger partial charge in [-0.05, 0) is 19.7 Å². The summed E-state index contributed by atoms with van der Waals surface area (Å²) in [6.07, 6.45) is -5.03. The maximum atomic E-state index is 13.8. The van der Waals surface area contributed by atoms with Gasteiger partial charge in [0.2, 0.25) is 0 Å². The molecular formula is C14H20F4N2. The molecule has 0 saturated heterocycles. The van der Waals surface area contributed by atoms with Crippen LogP contribution in [0, 0.1) is 5.82 Å². The third-order valence-electron chi connectivity index (χ3n) is 3.00. The normalized spacial score (nSPS) is 13.8. The molecule has 1 aromatic carbocycles. The summed E-state index contributed by atoms with van der Waals surface area (Å²) in [7, 11) is 1.61. The highest BCUT2D eigenvalue weighted by atomic mass is 19.4. The van der Waals surface area contributed by atoms with Crippen molar-refractivity contribution in [2.45, 2.75) is 25.6 Å². The van der Waals surface area contributed by atoms with E-state index in [1.807, 2.05) is 6.92 Å². The second-order valence-electron chi connectivity index (χ2n) is 4.76. The summed E-state index contributed by atoms with van der Waals surface area (Å²) >= 11 is 0. The molecule has 0 saturated carbocycles. The Hall–Kier alpha value is -1.14. The van der Waals surface area contributed by atoms with Gasteiger partial charge in [-0.1, -0.05) is 25.1 Å². The number of rotatable bonds is 7. The smallest absolute Gasteiger partial charge is 0.309 e. The Labute approximate surface area is 116 Å². The number of hydrogen-bond donors (Lipinski definition) is 1. The number of alkyl halides is 3. The minimum atomic E-state index is -4.17. The molecule has 0 aliphatic carbocycles. The van der Waals surface area contributed by atoms with Crippen LogP contribution in [0.2, 0.25) is 0 Å². The van der Waals surface area contributed by atoms with E-state index in [1.54, 1.807) is 30.1 Å². The van der Waals surface area contributed by atoms with Crippen molar-refractivity contribution >= 4 is 0 Å². The second-order valence-corrected chi connectivity index (χ2v) is 4.76. The van der Waals surface area contributed by atoms with Gasteiger partial charge in [0.25, 0.3) is 0 Å². The summed E-state index contributed by atoms with van der Waals surface area (Å²) in [6.45, 7) is 2.72. The maximum absolute atomic E-state index is 13.8. The zero-order chi connectivity index (χ0) is 15.2. The zero-order valence-corrected chi connectivity index (χ0v) is 11.7. The van der Waals surface area contributed by atoms with Crippen LogP contribution in [-0.4, -0.2) is 37.8 Å². The molecule has 0 radical (unpaired) electrons. The van der Waals surface area contributed by atoms with Crippen LogP contribution in [0.4, 0.5) is 17.6 Å².